The number of carbonyl (C=O) groups excluding carboxylic acids is 1. The first-order valence-electron chi connectivity index (χ1n) is 8.92. The average molecular weight is 346 g/mol. The first-order chi connectivity index (χ1) is 12.7. The number of piperazine rings is 1. The van der Waals surface area contributed by atoms with Crippen LogP contribution in [-0.4, -0.2) is 47.2 Å². The number of amides is 1. The van der Waals surface area contributed by atoms with E-state index in [1.807, 2.05) is 35.2 Å². The van der Waals surface area contributed by atoms with E-state index in [0.29, 0.717) is 18.7 Å². The molecule has 1 N–H and O–H groups in total. The van der Waals surface area contributed by atoms with Gasteiger partial charge in [0.25, 0.3) is 5.91 Å². The molecule has 1 aliphatic rings. The van der Waals surface area contributed by atoms with E-state index in [-0.39, 0.29) is 5.91 Å². The molecule has 0 radical (unpaired) electrons. The molecule has 1 amide bonds. The Hall–Kier alpha value is -3.08. The van der Waals surface area contributed by atoms with E-state index in [1.165, 1.54) is 11.3 Å². The zero-order chi connectivity index (χ0) is 17.9. The maximum Gasteiger partial charge on any atom is 0.257 e. The van der Waals surface area contributed by atoms with Gasteiger partial charge in [-0.05, 0) is 24.6 Å². The zero-order valence-electron chi connectivity index (χ0n) is 14.9. The van der Waals surface area contributed by atoms with Gasteiger partial charge in [-0.2, -0.15) is 5.10 Å². The average Bonchev–Trinajstić information content (AvgIpc) is 3.18. The highest BCUT2D eigenvalue weighted by atomic mass is 16.2. The van der Waals surface area contributed by atoms with Crippen molar-refractivity contribution in [2.75, 3.05) is 31.1 Å². The van der Waals surface area contributed by atoms with Crippen molar-refractivity contribution in [1.82, 2.24) is 15.1 Å². The molecule has 0 spiro atoms. The monoisotopic (exact) mass is 346 g/mol. The molecule has 1 saturated heterocycles. The predicted molar refractivity (Wildman–Crippen MR) is 103 cm³/mol. The number of hydrogen-bond donors (Lipinski definition) is 1. The topological polar surface area (TPSA) is 52.2 Å². The van der Waals surface area contributed by atoms with Crippen molar-refractivity contribution in [2.24, 2.45) is 0 Å². The molecular formula is C21H22N4O. The summed E-state index contributed by atoms with van der Waals surface area (Å²) in [6.07, 6.45) is 1.64. The Morgan fingerprint density at radius 3 is 2.50 bits per heavy atom. The lowest BCUT2D eigenvalue weighted by molar-refractivity contribution is 0.0747. The van der Waals surface area contributed by atoms with Crippen LogP contribution in [0.1, 0.15) is 15.9 Å². The van der Waals surface area contributed by atoms with E-state index in [2.05, 4.69) is 46.3 Å². The van der Waals surface area contributed by atoms with Gasteiger partial charge in [-0.25, -0.2) is 0 Å². The molecule has 1 aliphatic heterocycles. The third-order valence-electron chi connectivity index (χ3n) is 4.87. The number of hydrogen-bond acceptors (Lipinski definition) is 3. The standard InChI is InChI=1S/C21H22N4O/c1-16-6-5-9-18(14-16)24-10-12-25(13-11-24)21(26)19-15-22-23-20(19)17-7-3-2-4-8-17/h2-9,14-15H,10-13H2,1H3,(H,22,23). The number of aryl methyl sites for hydroxylation is 1. The summed E-state index contributed by atoms with van der Waals surface area (Å²) < 4.78 is 0. The molecule has 1 fully saturated rings. The Labute approximate surface area is 153 Å². The lowest BCUT2D eigenvalue weighted by atomic mass is 10.1. The number of benzene rings is 2. The van der Waals surface area contributed by atoms with Crippen LogP contribution in [0, 0.1) is 6.92 Å². The highest BCUT2D eigenvalue weighted by molar-refractivity contribution is 5.99. The molecule has 1 aromatic heterocycles. The van der Waals surface area contributed by atoms with Gasteiger partial charge in [0.2, 0.25) is 0 Å². The third kappa shape index (κ3) is 3.20. The van der Waals surface area contributed by atoms with Gasteiger partial charge in [0, 0.05) is 37.4 Å². The number of aromatic nitrogens is 2. The summed E-state index contributed by atoms with van der Waals surface area (Å²) in [5, 5.41) is 7.08. The van der Waals surface area contributed by atoms with Crippen LogP contribution in [0.2, 0.25) is 0 Å². The Kier molecular flexibility index (Phi) is 4.44. The fraction of sp³-hybridized carbons (Fsp3) is 0.238. The molecule has 5 nitrogen and oxygen atoms in total. The molecule has 0 unspecified atom stereocenters. The fourth-order valence-corrected chi connectivity index (χ4v) is 3.44. The molecule has 4 rings (SSSR count). The van der Waals surface area contributed by atoms with Crippen LogP contribution in [0.4, 0.5) is 5.69 Å². The van der Waals surface area contributed by atoms with Crippen LogP contribution >= 0.6 is 0 Å². The molecular weight excluding hydrogens is 324 g/mol. The van der Waals surface area contributed by atoms with Crippen LogP contribution in [0.5, 0.6) is 0 Å². The lowest BCUT2D eigenvalue weighted by Gasteiger charge is -2.36. The van der Waals surface area contributed by atoms with Gasteiger partial charge in [0.05, 0.1) is 17.5 Å². The van der Waals surface area contributed by atoms with E-state index in [4.69, 9.17) is 0 Å². The fourth-order valence-electron chi connectivity index (χ4n) is 3.44. The van der Waals surface area contributed by atoms with Gasteiger partial charge in [-0.15, -0.1) is 0 Å². The van der Waals surface area contributed by atoms with Crippen molar-refractivity contribution in [1.29, 1.82) is 0 Å². The molecule has 0 saturated carbocycles. The van der Waals surface area contributed by atoms with E-state index in [1.54, 1.807) is 6.20 Å². The maximum atomic E-state index is 13.0. The van der Waals surface area contributed by atoms with Gasteiger partial charge >= 0.3 is 0 Å². The highest BCUT2D eigenvalue weighted by Crippen LogP contribution is 2.23. The summed E-state index contributed by atoms with van der Waals surface area (Å²) in [5.41, 5.74) is 4.89. The van der Waals surface area contributed by atoms with Crippen LogP contribution in [-0.2, 0) is 0 Å². The highest BCUT2D eigenvalue weighted by Gasteiger charge is 2.25. The molecule has 26 heavy (non-hydrogen) atoms. The van der Waals surface area contributed by atoms with E-state index >= 15 is 0 Å². The summed E-state index contributed by atoms with van der Waals surface area (Å²) in [6.45, 7) is 5.22. The predicted octanol–water partition coefficient (Wildman–Crippen LogP) is 3.35. The van der Waals surface area contributed by atoms with E-state index in [0.717, 1.165) is 24.3 Å². The van der Waals surface area contributed by atoms with Crippen molar-refractivity contribution in [3.8, 4) is 11.3 Å². The Morgan fingerprint density at radius 2 is 1.77 bits per heavy atom. The SMILES string of the molecule is Cc1cccc(N2CCN(C(=O)c3cn[nH]c3-c3ccccc3)CC2)c1. The number of H-pyrrole nitrogens is 1. The number of carbonyl (C=O) groups is 1. The minimum Gasteiger partial charge on any atom is -0.368 e. The van der Waals surface area contributed by atoms with Gasteiger partial charge in [-0.3, -0.25) is 9.89 Å². The summed E-state index contributed by atoms with van der Waals surface area (Å²) in [6, 6.07) is 18.4. The minimum atomic E-state index is 0.0431. The van der Waals surface area contributed by atoms with Crippen LogP contribution < -0.4 is 4.90 Å². The number of nitrogens with zero attached hydrogens (tertiary/aromatic N) is 3. The second-order valence-electron chi connectivity index (χ2n) is 6.64. The normalized spacial score (nSPS) is 14.5. The largest absolute Gasteiger partial charge is 0.368 e. The lowest BCUT2D eigenvalue weighted by Crippen LogP contribution is -2.48. The number of anilines is 1. The van der Waals surface area contributed by atoms with Crippen molar-refractivity contribution in [3.63, 3.8) is 0 Å². The van der Waals surface area contributed by atoms with Gasteiger partial charge in [-0.1, -0.05) is 42.5 Å². The summed E-state index contributed by atoms with van der Waals surface area (Å²) in [7, 11) is 0. The van der Waals surface area contributed by atoms with E-state index in [9.17, 15) is 4.79 Å². The Morgan fingerprint density at radius 1 is 1.00 bits per heavy atom. The van der Waals surface area contributed by atoms with Gasteiger partial charge in [0.1, 0.15) is 0 Å². The first-order valence-corrected chi connectivity index (χ1v) is 8.92. The molecule has 5 heteroatoms. The summed E-state index contributed by atoms with van der Waals surface area (Å²) >= 11 is 0. The molecule has 2 heterocycles. The van der Waals surface area contributed by atoms with E-state index < -0.39 is 0 Å². The number of nitrogens with one attached hydrogen (secondary N) is 1. The molecule has 0 aliphatic carbocycles. The Bertz CT molecular complexity index is 895. The van der Waals surface area contributed by atoms with Crippen molar-refractivity contribution >= 4 is 11.6 Å². The van der Waals surface area contributed by atoms with Crippen molar-refractivity contribution in [2.45, 2.75) is 6.92 Å². The van der Waals surface area contributed by atoms with Gasteiger partial charge < -0.3 is 9.80 Å². The summed E-state index contributed by atoms with van der Waals surface area (Å²) in [5.74, 6) is 0.0431. The molecule has 2 aromatic carbocycles. The second kappa shape index (κ2) is 7.04. The van der Waals surface area contributed by atoms with Crippen LogP contribution in [0.15, 0.2) is 60.8 Å². The minimum absolute atomic E-state index is 0.0431. The molecule has 0 atom stereocenters. The van der Waals surface area contributed by atoms with Gasteiger partial charge in [0.15, 0.2) is 0 Å². The third-order valence-corrected chi connectivity index (χ3v) is 4.87. The molecule has 3 aromatic rings. The number of aromatic amines is 1. The first kappa shape index (κ1) is 16.4. The number of rotatable bonds is 3. The summed E-state index contributed by atoms with van der Waals surface area (Å²) in [4.78, 5) is 17.3. The molecule has 132 valence electrons. The Balaban J connectivity index is 1.47. The maximum absolute atomic E-state index is 13.0. The van der Waals surface area contributed by atoms with Crippen molar-refractivity contribution in [3.05, 3.63) is 71.9 Å². The van der Waals surface area contributed by atoms with Crippen molar-refractivity contribution < 1.29 is 4.79 Å². The zero-order valence-corrected chi connectivity index (χ0v) is 14.9. The van der Waals surface area contributed by atoms with Crippen LogP contribution in [0.25, 0.3) is 11.3 Å². The second-order valence-corrected chi connectivity index (χ2v) is 6.64. The molecule has 0 bridgehead atoms. The smallest absolute Gasteiger partial charge is 0.257 e. The van der Waals surface area contributed by atoms with Crippen LogP contribution in [0.3, 0.4) is 0 Å². The quantitative estimate of drug-likeness (QED) is 0.791.